The fraction of sp³-hybridized carbons (Fsp3) is 0.286. The van der Waals surface area contributed by atoms with Gasteiger partial charge in [0.05, 0.1) is 11.4 Å². The molecule has 2 atom stereocenters. The van der Waals surface area contributed by atoms with Crippen molar-refractivity contribution in [3.05, 3.63) is 76.6 Å². The van der Waals surface area contributed by atoms with Crippen LogP contribution in [0, 0.1) is 17.1 Å². The van der Waals surface area contributed by atoms with Gasteiger partial charge in [-0.2, -0.15) is 10.4 Å². The first-order chi connectivity index (χ1) is 17.5. The lowest BCUT2D eigenvalue weighted by atomic mass is 9.76. The van der Waals surface area contributed by atoms with Gasteiger partial charge in [-0.15, -0.1) is 0 Å². The second-order valence-electron chi connectivity index (χ2n) is 9.30. The number of aromatic nitrogens is 4. The molecule has 1 unspecified atom stereocenters. The number of anilines is 1. The minimum atomic E-state index is -0.563. The maximum Gasteiger partial charge on any atom is 0.166 e. The Kier molecular flexibility index (Phi) is 5.22. The van der Waals surface area contributed by atoms with E-state index in [0.29, 0.717) is 29.1 Å². The minimum Gasteiger partial charge on any atom is -0.482 e. The predicted octanol–water partition coefficient (Wildman–Crippen LogP) is 5.54. The third-order valence-corrected chi connectivity index (χ3v) is 7.26. The van der Waals surface area contributed by atoms with Gasteiger partial charge in [-0.25, -0.2) is 14.4 Å². The van der Waals surface area contributed by atoms with Crippen LogP contribution in [0.1, 0.15) is 66.8 Å². The molecule has 36 heavy (non-hydrogen) atoms. The summed E-state index contributed by atoms with van der Waals surface area (Å²) in [5.41, 5.74) is 13.6. The SMILES string of the molecule is CCn1nc2c3c1-c1cnc(N)c(c1)O[C@H](C)c1cc(F)ccc1-c1c(ccnc1C#N)C3CCC2. The molecule has 1 aromatic carbocycles. The standard InChI is InChI=1S/C28H25FN6O/c1-3-35-27-16-11-24(28(31)33-14-16)36-15(2)21-12-17(29)7-8-19(21)25-20(9-10-32-23(25)13-30)18-5-4-6-22(34-35)26(18)27/h7-12,14-15,18H,3-6H2,1-2H3,(H2,31,33)/t15-,18?/m1/s1. The number of ether oxygens (including phenoxy) is 1. The highest BCUT2D eigenvalue weighted by Gasteiger charge is 2.34. The van der Waals surface area contributed by atoms with E-state index >= 15 is 0 Å². The lowest BCUT2D eigenvalue weighted by molar-refractivity contribution is 0.227. The summed E-state index contributed by atoms with van der Waals surface area (Å²) in [6, 6.07) is 10.8. The zero-order valence-corrected chi connectivity index (χ0v) is 20.1. The number of nitrogens with zero attached hydrogens (tertiary/aromatic N) is 5. The molecule has 4 heterocycles. The fourth-order valence-corrected chi connectivity index (χ4v) is 5.70. The van der Waals surface area contributed by atoms with Crippen molar-refractivity contribution in [1.29, 1.82) is 5.26 Å². The summed E-state index contributed by atoms with van der Waals surface area (Å²) >= 11 is 0. The molecule has 6 rings (SSSR count). The molecule has 0 amide bonds. The maximum absolute atomic E-state index is 14.5. The number of nitriles is 1. The molecule has 8 heteroatoms. The number of hydrogen-bond acceptors (Lipinski definition) is 6. The number of pyridine rings is 2. The van der Waals surface area contributed by atoms with Gasteiger partial charge in [-0.05, 0) is 68.5 Å². The van der Waals surface area contributed by atoms with Crippen LogP contribution < -0.4 is 10.5 Å². The zero-order chi connectivity index (χ0) is 25.0. The summed E-state index contributed by atoms with van der Waals surface area (Å²) in [4.78, 5) is 8.85. The van der Waals surface area contributed by atoms with Crippen LogP contribution >= 0.6 is 0 Å². The Morgan fingerprint density at radius 3 is 2.89 bits per heavy atom. The highest BCUT2D eigenvalue weighted by molar-refractivity contribution is 5.79. The van der Waals surface area contributed by atoms with Gasteiger partial charge in [0, 0.05) is 47.1 Å². The van der Waals surface area contributed by atoms with Gasteiger partial charge >= 0.3 is 0 Å². The van der Waals surface area contributed by atoms with Gasteiger partial charge in [-0.3, -0.25) is 4.68 Å². The molecule has 0 fully saturated rings. The normalized spacial score (nSPS) is 17.9. The molecule has 3 aromatic heterocycles. The van der Waals surface area contributed by atoms with Crippen LogP contribution in [0.15, 0.2) is 42.7 Å². The van der Waals surface area contributed by atoms with E-state index < -0.39 is 6.10 Å². The molecule has 4 aromatic rings. The van der Waals surface area contributed by atoms with Crippen molar-refractivity contribution in [3.8, 4) is 34.2 Å². The van der Waals surface area contributed by atoms with Crippen LogP contribution in [0.5, 0.6) is 5.75 Å². The Hall–Kier alpha value is -4.25. The molecule has 1 aliphatic heterocycles. The number of halogens is 1. The Balaban J connectivity index is 1.76. The minimum absolute atomic E-state index is 0.0105. The van der Waals surface area contributed by atoms with Crippen molar-refractivity contribution in [2.24, 2.45) is 0 Å². The summed E-state index contributed by atoms with van der Waals surface area (Å²) in [7, 11) is 0. The number of nitrogen functional groups attached to an aromatic ring is 1. The molecule has 2 N–H and O–H groups in total. The molecule has 1 aliphatic carbocycles. The lowest BCUT2D eigenvalue weighted by Crippen LogP contribution is -2.15. The van der Waals surface area contributed by atoms with Gasteiger partial charge in [0.15, 0.2) is 11.6 Å². The second-order valence-corrected chi connectivity index (χ2v) is 9.30. The molecule has 2 bridgehead atoms. The van der Waals surface area contributed by atoms with Gasteiger partial charge in [0.25, 0.3) is 0 Å². The van der Waals surface area contributed by atoms with Crippen LogP contribution in [-0.2, 0) is 13.0 Å². The molecule has 0 spiro atoms. The second kappa shape index (κ2) is 8.45. The first kappa shape index (κ1) is 22.2. The van der Waals surface area contributed by atoms with Crippen LogP contribution in [0.4, 0.5) is 10.2 Å². The van der Waals surface area contributed by atoms with Crippen molar-refractivity contribution in [2.75, 3.05) is 5.73 Å². The molecule has 7 nitrogen and oxygen atoms in total. The highest BCUT2D eigenvalue weighted by atomic mass is 19.1. The van der Waals surface area contributed by atoms with E-state index in [0.717, 1.165) is 52.9 Å². The van der Waals surface area contributed by atoms with E-state index in [2.05, 4.69) is 23.0 Å². The van der Waals surface area contributed by atoms with E-state index in [1.807, 2.05) is 23.7 Å². The summed E-state index contributed by atoms with van der Waals surface area (Å²) in [5, 5.41) is 15.0. The van der Waals surface area contributed by atoms with E-state index in [4.69, 9.17) is 15.6 Å². The number of fused-ring (bicyclic) bond motifs is 7. The van der Waals surface area contributed by atoms with Crippen molar-refractivity contribution >= 4 is 5.82 Å². The Morgan fingerprint density at radius 1 is 1.22 bits per heavy atom. The maximum atomic E-state index is 14.5. The largest absolute Gasteiger partial charge is 0.482 e. The summed E-state index contributed by atoms with van der Waals surface area (Å²) < 4.78 is 22.9. The molecule has 180 valence electrons. The summed E-state index contributed by atoms with van der Waals surface area (Å²) in [6.45, 7) is 4.61. The number of aryl methyl sites for hydroxylation is 2. The number of hydrogen-bond donors (Lipinski definition) is 1. The van der Waals surface area contributed by atoms with Crippen LogP contribution in [0.3, 0.4) is 0 Å². The van der Waals surface area contributed by atoms with Gasteiger partial charge in [-0.1, -0.05) is 6.07 Å². The molecule has 0 saturated carbocycles. The summed E-state index contributed by atoms with van der Waals surface area (Å²) in [6.07, 6.45) is 5.63. The van der Waals surface area contributed by atoms with Crippen molar-refractivity contribution < 1.29 is 9.13 Å². The van der Waals surface area contributed by atoms with Crippen molar-refractivity contribution in [2.45, 2.75) is 51.7 Å². The monoisotopic (exact) mass is 480 g/mol. The molecule has 0 radical (unpaired) electrons. The van der Waals surface area contributed by atoms with E-state index in [1.165, 1.54) is 12.1 Å². The van der Waals surface area contributed by atoms with Gasteiger partial charge < -0.3 is 10.5 Å². The van der Waals surface area contributed by atoms with Crippen LogP contribution in [0.25, 0.3) is 22.4 Å². The highest BCUT2D eigenvalue weighted by Crippen LogP contribution is 2.48. The van der Waals surface area contributed by atoms with Gasteiger partial charge in [0.2, 0.25) is 0 Å². The Labute approximate surface area is 208 Å². The van der Waals surface area contributed by atoms with Crippen molar-refractivity contribution in [1.82, 2.24) is 19.7 Å². The number of benzene rings is 1. The first-order valence-electron chi connectivity index (χ1n) is 12.2. The van der Waals surface area contributed by atoms with Crippen LogP contribution in [0.2, 0.25) is 0 Å². The summed E-state index contributed by atoms with van der Waals surface area (Å²) in [5.74, 6) is 0.288. The molecular weight excluding hydrogens is 455 g/mol. The zero-order valence-electron chi connectivity index (χ0n) is 20.1. The fourth-order valence-electron chi connectivity index (χ4n) is 5.70. The Morgan fingerprint density at radius 2 is 2.08 bits per heavy atom. The predicted molar refractivity (Wildman–Crippen MR) is 134 cm³/mol. The number of rotatable bonds is 1. The third-order valence-electron chi connectivity index (χ3n) is 7.26. The number of nitrogens with two attached hydrogens (primary N) is 1. The average Bonchev–Trinajstić information content (AvgIpc) is 3.28. The molecular formula is C28H25FN6O. The van der Waals surface area contributed by atoms with Crippen LogP contribution in [-0.4, -0.2) is 19.7 Å². The average molecular weight is 481 g/mol. The van der Waals surface area contributed by atoms with Gasteiger partial charge in [0.1, 0.15) is 23.7 Å². The third kappa shape index (κ3) is 3.34. The molecule has 2 aliphatic rings. The van der Waals surface area contributed by atoms with E-state index in [1.54, 1.807) is 18.5 Å². The molecule has 0 saturated heterocycles. The topological polar surface area (TPSA) is 103 Å². The first-order valence-corrected chi connectivity index (χ1v) is 12.2. The lowest BCUT2D eigenvalue weighted by Gasteiger charge is -2.28. The van der Waals surface area contributed by atoms with E-state index in [-0.39, 0.29) is 17.6 Å². The Bertz CT molecular complexity index is 1550. The quantitative estimate of drug-likeness (QED) is 0.384. The van der Waals surface area contributed by atoms with E-state index in [9.17, 15) is 9.65 Å². The smallest absolute Gasteiger partial charge is 0.166 e. The van der Waals surface area contributed by atoms with Crippen molar-refractivity contribution in [3.63, 3.8) is 0 Å².